The number of amides is 1. The van der Waals surface area contributed by atoms with Gasteiger partial charge in [0.2, 0.25) is 5.91 Å². The van der Waals surface area contributed by atoms with E-state index < -0.39 is 11.6 Å². The van der Waals surface area contributed by atoms with Crippen LogP contribution in [0, 0.1) is 5.82 Å². The van der Waals surface area contributed by atoms with Crippen LogP contribution in [0.2, 0.25) is 0 Å². The fourth-order valence-corrected chi connectivity index (χ4v) is 2.17. The molecular formula is C14H12FNO2S. The zero-order valence-corrected chi connectivity index (χ0v) is 10.8. The molecule has 2 aromatic carbocycles. The molecule has 3 nitrogen and oxygen atoms in total. The number of hydrogen-bond acceptors (Lipinski definition) is 3. The number of benzene rings is 2. The molecule has 0 aromatic heterocycles. The number of halogens is 1. The standard InChI is InChI=1S/C14H12FNO2S/c15-12-8-10(6-7-13(12)17)16-14(18)9-19-11-4-2-1-3-5-11/h1-8,17H,9H2,(H,16,18). The fourth-order valence-electron chi connectivity index (χ4n) is 1.45. The van der Waals surface area contributed by atoms with Gasteiger partial charge in [-0.3, -0.25) is 4.79 Å². The molecule has 98 valence electrons. The van der Waals surface area contributed by atoms with Gasteiger partial charge in [0.25, 0.3) is 0 Å². The maximum Gasteiger partial charge on any atom is 0.234 e. The van der Waals surface area contributed by atoms with Crippen LogP contribution in [0.3, 0.4) is 0 Å². The molecule has 0 aliphatic carbocycles. The van der Waals surface area contributed by atoms with Crippen LogP contribution < -0.4 is 5.32 Å². The second-order valence-electron chi connectivity index (χ2n) is 3.82. The van der Waals surface area contributed by atoms with Crippen LogP contribution in [-0.4, -0.2) is 16.8 Å². The van der Waals surface area contributed by atoms with Crippen molar-refractivity contribution in [2.45, 2.75) is 4.90 Å². The van der Waals surface area contributed by atoms with E-state index >= 15 is 0 Å². The Hall–Kier alpha value is -2.01. The van der Waals surface area contributed by atoms with Gasteiger partial charge < -0.3 is 10.4 Å². The van der Waals surface area contributed by atoms with Crippen LogP contribution in [0.25, 0.3) is 0 Å². The molecule has 2 N–H and O–H groups in total. The summed E-state index contributed by atoms with van der Waals surface area (Å²) in [4.78, 5) is 12.7. The summed E-state index contributed by atoms with van der Waals surface area (Å²) in [6.07, 6.45) is 0. The predicted molar refractivity (Wildman–Crippen MR) is 73.9 cm³/mol. The average Bonchev–Trinajstić information content (AvgIpc) is 2.42. The van der Waals surface area contributed by atoms with Crippen molar-refractivity contribution in [1.29, 1.82) is 0 Å². The number of nitrogens with one attached hydrogen (secondary N) is 1. The summed E-state index contributed by atoms with van der Waals surface area (Å²) in [5.41, 5.74) is 0.328. The van der Waals surface area contributed by atoms with E-state index in [0.717, 1.165) is 11.0 Å². The van der Waals surface area contributed by atoms with Crippen molar-refractivity contribution in [3.8, 4) is 5.75 Å². The smallest absolute Gasteiger partial charge is 0.234 e. The summed E-state index contributed by atoms with van der Waals surface area (Å²) in [7, 11) is 0. The Bertz CT molecular complexity index is 575. The third-order valence-electron chi connectivity index (χ3n) is 2.34. The van der Waals surface area contributed by atoms with Crippen molar-refractivity contribution in [3.63, 3.8) is 0 Å². The van der Waals surface area contributed by atoms with Gasteiger partial charge in [-0.25, -0.2) is 4.39 Å². The number of rotatable bonds is 4. The highest BCUT2D eigenvalue weighted by Crippen LogP contribution is 2.20. The van der Waals surface area contributed by atoms with E-state index in [1.165, 1.54) is 23.9 Å². The first-order chi connectivity index (χ1) is 9.15. The highest BCUT2D eigenvalue weighted by molar-refractivity contribution is 8.00. The quantitative estimate of drug-likeness (QED) is 0.666. The maximum atomic E-state index is 13.1. The minimum Gasteiger partial charge on any atom is -0.505 e. The number of phenolic OH excluding ortho intramolecular Hbond substituents is 1. The lowest BCUT2D eigenvalue weighted by molar-refractivity contribution is -0.113. The topological polar surface area (TPSA) is 49.3 Å². The lowest BCUT2D eigenvalue weighted by atomic mass is 10.3. The van der Waals surface area contributed by atoms with E-state index in [4.69, 9.17) is 5.11 Å². The summed E-state index contributed by atoms with van der Waals surface area (Å²) < 4.78 is 13.1. The van der Waals surface area contributed by atoms with Gasteiger partial charge in [0, 0.05) is 16.6 Å². The summed E-state index contributed by atoms with van der Waals surface area (Å²) >= 11 is 1.40. The third kappa shape index (κ3) is 3.99. The highest BCUT2D eigenvalue weighted by Gasteiger charge is 2.06. The van der Waals surface area contributed by atoms with Gasteiger partial charge in [-0.15, -0.1) is 11.8 Å². The van der Waals surface area contributed by atoms with Crippen molar-refractivity contribution in [1.82, 2.24) is 0 Å². The molecular weight excluding hydrogens is 265 g/mol. The Balaban J connectivity index is 1.89. The van der Waals surface area contributed by atoms with Crippen LogP contribution in [0.5, 0.6) is 5.75 Å². The lowest BCUT2D eigenvalue weighted by Crippen LogP contribution is -2.14. The van der Waals surface area contributed by atoms with Crippen LogP contribution in [-0.2, 0) is 4.79 Å². The van der Waals surface area contributed by atoms with E-state index in [-0.39, 0.29) is 11.7 Å². The van der Waals surface area contributed by atoms with E-state index in [2.05, 4.69) is 5.32 Å². The summed E-state index contributed by atoms with van der Waals surface area (Å²) in [6, 6.07) is 13.3. The molecule has 0 radical (unpaired) electrons. The number of carbonyl (C=O) groups excluding carboxylic acids is 1. The zero-order valence-electron chi connectivity index (χ0n) is 9.97. The first kappa shape index (κ1) is 13.4. The van der Waals surface area contributed by atoms with Gasteiger partial charge in [0.05, 0.1) is 5.75 Å². The fraction of sp³-hybridized carbons (Fsp3) is 0.0714. The SMILES string of the molecule is O=C(CSc1ccccc1)Nc1ccc(O)c(F)c1. The first-order valence-electron chi connectivity index (χ1n) is 5.61. The molecule has 19 heavy (non-hydrogen) atoms. The largest absolute Gasteiger partial charge is 0.505 e. The number of thioether (sulfide) groups is 1. The molecule has 2 aromatic rings. The summed E-state index contributed by atoms with van der Waals surface area (Å²) in [5.74, 6) is -1.17. The van der Waals surface area contributed by atoms with Gasteiger partial charge in [0.1, 0.15) is 0 Å². The van der Waals surface area contributed by atoms with Crippen LogP contribution >= 0.6 is 11.8 Å². The average molecular weight is 277 g/mol. The van der Waals surface area contributed by atoms with Gasteiger partial charge in [-0.05, 0) is 24.3 Å². The van der Waals surface area contributed by atoms with E-state index in [9.17, 15) is 9.18 Å². The molecule has 0 fully saturated rings. The molecule has 0 aliphatic rings. The molecule has 0 unspecified atom stereocenters. The van der Waals surface area contributed by atoms with Gasteiger partial charge in [-0.1, -0.05) is 18.2 Å². The molecule has 0 aliphatic heterocycles. The molecule has 0 bridgehead atoms. The van der Waals surface area contributed by atoms with Gasteiger partial charge >= 0.3 is 0 Å². The third-order valence-corrected chi connectivity index (χ3v) is 3.36. The number of hydrogen-bond donors (Lipinski definition) is 2. The predicted octanol–water partition coefficient (Wildman–Crippen LogP) is 3.26. The Morgan fingerprint density at radius 1 is 1.21 bits per heavy atom. The molecule has 0 atom stereocenters. The normalized spacial score (nSPS) is 10.2. The maximum absolute atomic E-state index is 13.1. The van der Waals surface area contributed by atoms with Crippen LogP contribution in [0.1, 0.15) is 0 Å². The molecule has 2 rings (SSSR count). The molecule has 0 heterocycles. The van der Waals surface area contributed by atoms with Crippen LogP contribution in [0.4, 0.5) is 10.1 Å². The number of anilines is 1. The highest BCUT2D eigenvalue weighted by atomic mass is 32.2. The molecule has 0 spiro atoms. The van der Waals surface area contributed by atoms with Crippen molar-refractivity contribution in [2.24, 2.45) is 0 Å². The van der Waals surface area contributed by atoms with Crippen molar-refractivity contribution in [3.05, 3.63) is 54.3 Å². The minimum absolute atomic E-state index is 0.223. The molecule has 0 saturated heterocycles. The lowest BCUT2D eigenvalue weighted by Gasteiger charge is -2.06. The van der Waals surface area contributed by atoms with Gasteiger partial charge in [-0.2, -0.15) is 0 Å². The molecule has 1 amide bonds. The Kier molecular flexibility index (Phi) is 4.41. The van der Waals surface area contributed by atoms with Crippen LogP contribution in [0.15, 0.2) is 53.4 Å². The Labute approximate surface area is 114 Å². The van der Waals surface area contributed by atoms with E-state index in [1.54, 1.807) is 0 Å². The van der Waals surface area contributed by atoms with E-state index in [0.29, 0.717) is 5.69 Å². The van der Waals surface area contributed by atoms with Crippen molar-refractivity contribution >= 4 is 23.4 Å². The Morgan fingerprint density at radius 2 is 1.95 bits per heavy atom. The zero-order chi connectivity index (χ0) is 13.7. The first-order valence-corrected chi connectivity index (χ1v) is 6.60. The number of aromatic hydroxyl groups is 1. The second kappa shape index (κ2) is 6.24. The monoisotopic (exact) mass is 277 g/mol. The van der Waals surface area contributed by atoms with Crippen molar-refractivity contribution in [2.75, 3.05) is 11.1 Å². The summed E-state index contributed by atoms with van der Waals surface area (Å²) in [5, 5.41) is 11.6. The summed E-state index contributed by atoms with van der Waals surface area (Å²) in [6.45, 7) is 0. The molecule has 0 saturated carbocycles. The van der Waals surface area contributed by atoms with Gasteiger partial charge in [0.15, 0.2) is 11.6 Å². The Morgan fingerprint density at radius 3 is 2.63 bits per heavy atom. The van der Waals surface area contributed by atoms with Crippen molar-refractivity contribution < 1.29 is 14.3 Å². The van der Waals surface area contributed by atoms with E-state index in [1.807, 2.05) is 30.3 Å². The molecule has 5 heteroatoms. The number of phenols is 1. The minimum atomic E-state index is -0.756. The second-order valence-corrected chi connectivity index (χ2v) is 4.86. The number of carbonyl (C=O) groups is 1.